The zero-order chi connectivity index (χ0) is 21.8. The lowest BCUT2D eigenvalue weighted by atomic mass is 9.85. The summed E-state index contributed by atoms with van der Waals surface area (Å²) in [6, 6.07) is 2.54. The van der Waals surface area contributed by atoms with Crippen LogP contribution in [-0.2, 0) is 4.74 Å². The maximum Gasteiger partial charge on any atom is 0.411 e. The van der Waals surface area contributed by atoms with E-state index in [-0.39, 0.29) is 18.2 Å². The summed E-state index contributed by atoms with van der Waals surface area (Å²) in [6.07, 6.45) is 6.67. The van der Waals surface area contributed by atoms with Gasteiger partial charge in [0.2, 0.25) is 5.82 Å². The van der Waals surface area contributed by atoms with Crippen molar-refractivity contribution in [3.63, 3.8) is 0 Å². The van der Waals surface area contributed by atoms with Crippen molar-refractivity contribution in [2.24, 2.45) is 11.8 Å². The van der Waals surface area contributed by atoms with Gasteiger partial charge in [-0.25, -0.2) is 4.79 Å². The molecule has 0 bridgehead atoms. The highest BCUT2D eigenvalue weighted by atomic mass is 19.1. The number of halogens is 1. The molecule has 162 valence electrons. The predicted octanol–water partition coefficient (Wildman–Crippen LogP) is 5.62. The number of carbonyl (C=O) groups excluding carboxylic acids is 1. The van der Waals surface area contributed by atoms with Crippen LogP contribution in [0.1, 0.15) is 64.0 Å². The monoisotopic (exact) mass is 416 g/mol. The Morgan fingerprint density at radius 3 is 2.37 bits per heavy atom. The van der Waals surface area contributed by atoms with Gasteiger partial charge in [0, 0.05) is 12.1 Å². The van der Waals surface area contributed by atoms with Crippen molar-refractivity contribution >= 4 is 17.4 Å². The number of benzene rings is 1. The molecule has 0 unspecified atom stereocenters. The number of amides is 1. The molecule has 0 saturated heterocycles. The fraction of sp³-hybridized carbons (Fsp3) is 0.609. The van der Waals surface area contributed by atoms with Crippen molar-refractivity contribution in [3.8, 4) is 0 Å². The predicted molar refractivity (Wildman–Crippen MR) is 111 cm³/mol. The Morgan fingerprint density at radius 1 is 1.20 bits per heavy atom. The summed E-state index contributed by atoms with van der Waals surface area (Å²) < 4.78 is 20.2. The van der Waals surface area contributed by atoms with Crippen molar-refractivity contribution < 1.29 is 18.8 Å². The summed E-state index contributed by atoms with van der Waals surface area (Å²) in [4.78, 5) is 25.5. The van der Waals surface area contributed by atoms with Gasteiger partial charge in [-0.1, -0.05) is 6.08 Å². The number of rotatable bonds is 4. The minimum absolute atomic E-state index is 0.0168. The van der Waals surface area contributed by atoms with E-state index >= 15 is 0 Å². The largest absolute Gasteiger partial charge is 0.444 e. The maximum atomic E-state index is 14.4. The van der Waals surface area contributed by atoms with Gasteiger partial charge >= 0.3 is 11.8 Å². The quantitative estimate of drug-likeness (QED) is 0.471. The lowest BCUT2D eigenvalue weighted by molar-refractivity contribution is -0.387. The van der Waals surface area contributed by atoms with Crippen LogP contribution in [0.25, 0.3) is 5.57 Å². The second kappa shape index (κ2) is 7.36. The van der Waals surface area contributed by atoms with Gasteiger partial charge in [0.1, 0.15) is 5.60 Å². The van der Waals surface area contributed by atoms with Gasteiger partial charge in [-0.15, -0.1) is 0 Å². The lowest BCUT2D eigenvalue weighted by Gasteiger charge is -2.42. The summed E-state index contributed by atoms with van der Waals surface area (Å²) in [5.74, 6) is -0.00930. The SMILES string of the molecule is Cc1cc([N+](=O)[O-])c(F)cc1C1=C[C@@H](C2CC2)N(C(=O)OC(C)(C)C)[C@@H](C2CC2)C1. The molecule has 2 atom stereocenters. The van der Waals surface area contributed by atoms with Crippen LogP contribution in [0.15, 0.2) is 18.2 Å². The zero-order valence-corrected chi connectivity index (χ0v) is 18.0. The molecule has 7 heteroatoms. The lowest BCUT2D eigenvalue weighted by Crippen LogP contribution is -2.52. The van der Waals surface area contributed by atoms with Gasteiger partial charge in [0.25, 0.3) is 0 Å². The van der Waals surface area contributed by atoms with Crippen LogP contribution in [-0.4, -0.2) is 33.6 Å². The van der Waals surface area contributed by atoms with Crippen molar-refractivity contribution in [2.45, 2.75) is 77.5 Å². The molecule has 1 aliphatic heterocycles. The van der Waals surface area contributed by atoms with E-state index in [1.807, 2.05) is 25.7 Å². The van der Waals surface area contributed by atoms with Crippen LogP contribution in [0.3, 0.4) is 0 Å². The average Bonchev–Trinajstić information content (AvgIpc) is 3.53. The first-order chi connectivity index (χ1) is 14.0. The van der Waals surface area contributed by atoms with Crippen LogP contribution in [0, 0.1) is 34.7 Å². The molecule has 0 N–H and O–H groups in total. The number of aryl methyl sites for hydroxylation is 1. The van der Waals surface area contributed by atoms with Crippen LogP contribution in [0.4, 0.5) is 14.9 Å². The number of nitro benzene ring substituents is 1. The highest BCUT2D eigenvalue weighted by molar-refractivity contribution is 5.76. The molecule has 4 rings (SSSR count). The normalized spacial score (nSPS) is 24.4. The smallest absolute Gasteiger partial charge is 0.411 e. The fourth-order valence-electron chi connectivity index (χ4n) is 4.50. The van der Waals surface area contributed by atoms with Gasteiger partial charge in [-0.2, -0.15) is 4.39 Å². The molecule has 6 nitrogen and oxygen atoms in total. The molecule has 2 saturated carbocycles. The standard InChI is InChI=1S/C23H29FN2O4/c1-13-9-21(26(28)29)18(24)12-17(13)16-10-19(14-5-6-14)25(20(11-16)15-7-8-15)22(27)30-23(2,3)4/h9-10,12,14-15,19-20H,5-8,11H2,1-4H3/t19-,20+/m0/s1. The third kappa shape index (κ3) is 4.20. The van der Waals surface area contributed by atoms with Crippen LogP contribution < -0.4 is 0 Å². The Hall–Kier alpha value is -2.44. The number of hydrogen-bond donors (Lipinski definition) is 0. The number of carbonyl (C=O) groups is 1. The summed E-state index contributed by atoms with van der Waals surface area (Å²) in [7, 11) is 0. The summed E-state index contributed by atoms with van der Waals surface area (Å²) in [5.41, 5.74) is 1.30. The van der Waals surface area contributed by atoms with E-state index in [0.29, 0.717) is 29.4 Å². The molecule has 0 aromatic heterocycles. The summed E-state index contributed by atoms with van der Waals surface area (Å²) >= 11 is 0. The molecule has 0 radical (unpaired) electrons. The molecule has 1 aromatic carbocycles. The van der Waals surface area contributed by atoms with Gasteiger partial charge in [0.05, 0.1) is 11.0 Å². The Morgan fingerprint density at radius 2 is 1.83 bits per heavy atom. The molecule has 30 heavy (non-hydrogen) atoms. The second-order valence-corrected chi connectivity index (χ2v) is 9.89. The van der Waals surface area contributed by atoms with E-state index < -0.39 is 22.0 Å². The number of nitro groups is 1. The van der Waals surface area contributed by atoms with Gasteiger partial charge in [-0.05, 0) is 94.4 Å². The Kier molecular flexibility index (Phi) is 5.11. The highest BCUT2D eigenvalue weighted by Crippen LogP contribution is 2.48. The van der Waals surface area contributed by atoms with Crippen molar-refractivity contribution in [1.82, 2.24) is 4.90 Å². The highest BCUT2D eigenvalue weighted by Gasteiger charge is 2.48. The topological polar surface area (TPSA) is 72.7 Å². The third-order valence-electron chi connectivity index (χ3n) is 6.19. The molecular formula is C23H29FN2O4. The van der Waals surface area contributed by atoms with E-state index in [2.05, 4.69) is 6.08 Å². The number of nitrogens with zero attached hydrogens (tertiary/aromatic N) is 2. The van der Waals surface area contributed by atoms with Crippen LogP contribution in [0.5, 0.6) is 0 Å². The summed E-state index contributed by atoms with van der Waals surface area (Å²) in [5, 5.41) is 11.1. The molecule has 1 amide bonds. The van der Waals surface area contributed by atoms with Crippen LogP contribution >= 0.6 is 0 Å². The maximum absolute atomic E-state index is 14.4. The summed E-state index contributed by atoms with van der Waals surface area (Å²) in [6.45, 7) is 7.40. The molecule has 0 spiro atoms. The van der Waals surface area contributed by atoms with Crippen molar-refractivity contribution in [2.75, 3.05) is 0 Å². The Bertz CT molecular complexity index is 913. The minimum atomic E-state index is -0.818. The molecule has 2 fully saturated rings. The van der Waals surface area contributed by atoms with Crippen molar-refractivity contribution in [1.29, 1.82) is 0 Å². The molecule has 3 aliphatic rings. The first kappa shape index (κ1) is 20.8. The molecule has 2 aliphatic carbocycles. The second-order valence-electron chi connectivity index (χ2n) is 9.89. The first-order valence-electron chi connectivity index (χ1n) is 10.7. The van der Waals surface area contributed by atoms with E-state index in [1.54, 1.807) is 6.92 Å². The van der Waals surface area contributed by atoms with E-state index in [0.717, 1.165) is 31.3 Å². The zero-order valence-electron chi connectivity index (χ0n) is 18.0. The third-order valence-corrected chi connectivity index (χ3v) is 6.19. The molecular weight excluding hydrogens is 387 g/mol. The average molecular weight is 416 g/mol. The van der Waals surface area contributed by atoms with E-state index in [4.69, 9.17) is 4.74 Å². The number of hydrogen-bond acceptors (Lipinski definition) is 4. The van der Waals surface area contributed by atoms with E-state index in [9.17, 15) is 19.3 Å². The Labute approximate surface area is 176 Å². The van der Waals surface area contributed by atoms with Gasteiger partial charge in [-0.3, -0.25) is 15.0 Å². The van der Waals surface area contributed by atoms with Crippen molar-refractivity contribution in [3.05, 3.63) is 45.3 Å². The first-order valence-corrected chi connectivity index (χ1v) is 10.7. The van der Waals surface area contributed by atoms with Gasteiger partial charge in [0.15, 0.2) is 0 Å². The minimum Gasteiger partial charge on any atom is -0.444 e. The van der Waals surface area contributed by atoms with Crippen LogP contribution in [0.2, 0.25) is 0 Å². The molecule has 1 heterocycles. The van der Waals surface area contributed by atoms with Gasteiger partial charge < -0.3 is 4.74 Å². The molecule has 1 aromatic rings. The Balaban J connectivity index is 1.73. The fourth-order valence-corrected chi connectivity index (χ4v) is 4.50. The van der Waals surface area contributed by atoms with E-state index in [1.165, 1.54) is 12.1 Å². The number of ether oxygens (including phenoxy) is 1.